The second-order valence-electron chi connectivity index (χ2n) is 4.98. The first kappa shape index (κ1) is 14.8. The van der Waals surface area contributed by atoms with Gasteiger partial charge in [-0.2, -0.15) is 0 Å². The predicted octanol–water partition coefficient (Wildman–Crippen LogP) is 2.76. The van der Waals surface area contributed by atoms with Crippen molar-refractivity contribution >= 4 is 17.2 Å². The van der Waals surface area contributed by atoms with Gasteiger partial charge in [0, 0.05) is 18.5 Å². The fraction of sp³-hybridized carbons (Fsp3) is 0.312. The van der Waals surface area contributed by atoms with Crippen molar-refractivity contribution < 1.29 is 4.79 Å². The first-order valence-electron chi connectivity index (χ1n) is 6.67. The highest BCUT2D eigenvalue weighted by Crippen LogP contribution is 2.15. The number of carbonyl (C=O) groups excluding carboxylic acids is 1. The van der Waals surface area contributed by atoms with E-state index in [1.165, 1.54) is 10.4 Å². The lowest BCUT2D eigenvalue weighted by Gasteiger charge is -2.21. The number of likely N-dealkylation sites (N-methyl/N-ethyl adjacent to an activating group) is 1. The van der Waals surface area contributed by atoms with Crippen LogP contribution in [-0.2, 0) is 11.2 Å². The molecule has 1 unspecified atom stereocenters. The fourth-order valence-corrected chi connectivity index (χ4v) is 2.69. The Labute approximate surface area is 124 Å². The molecule has 0 bridgehead atoms. The number of amides is 1. The Morgan fingerprint density at radius 3 is 2.60 bits per heavy atom. The molecule has 0 aliphatic carbocycles. The summed E-state index contributed by atoms with van der Waals surface area (Å²) >= 11 is 1.71. The van der Waals surface area contributed by atoms with Gasteiger partial charge in [-0.05, 0) is 30.4 Å². The summed E-state index contributed by atoms with van der Waals surface area (Å²) in [5.41, 5.74) is 8.08. The van der Waals surface area contributed by atoms with E-state index in [0.29, 0.717) is 6.54 Å². The van der Waals surface area contributed by atoms with E-state index in [-0.39, 0.29) is 5.91 Å². The van der Waals surface area contributed by atoms with E-state index in [4.69, 9.17) is 5.73 Å². The van der Waals surface area contributed by atoms with Crippen LogP contribution in [0.4, 0.5) is 0 Å². The molecule has 0 aliphatic heterocycles. The number of benzene rings is 1. The van der Waals surface area contributed by atoms with Gasteiger partial charge in [-0.1, -0.05) is 35.9 Å². The van der Waals surface area contributed by atoms with Crippen molar-refractivity contribution in [2.24, 2.45) is 5.73 Å². The molecule has 0 spiro atoms. The molecule has 1 amide bonds. The van der Waals surface area contributed by atoms with E-state index >= 15 is 0 Å². The molecule has 1 atom stereocenters. The van der Waals surface area contributed by atoms with E-state index in [1.807, 2.05) is 44.3 Å². The zero-order valence-corrected chi connectivity index (χ0v) is 12.7. The van der Waals surface area contributed by atoms with Gasteiger partial charge in [0.25, 0.3) is 0 Å². The van der Waals surface area contributed by atoms with Crippen LogP contribution in [-0.4, -0.2) is 24.4 Å². The zero-order chi connectivity index (χ0) is 14.5. The second-order valence-corrected chi connectivity index (χ2v) is 6.01. The van der Waals surface area contributed by atoms with E-state index in [0.717, 1.165) is 12.0 Å². The van der Waals surface area contributed by atoms with Crippen LogP contribution in [0.2, 0.25) is 0 Å². The third-order valence-electron chi connectivity index (χ3n) is 3.35. The Morgan fingerprint density at radius 1 is 1.30 bits per heavy atom. The van der Waals surface area contributed by atoms with Crippen LogP contribution in [0.3, 0.4) is 0 Å². The topological polar surface area (TPSA) is 46.3 Å². The molecule has 2 rings (SSSR count). The van der Waals surface area contributed by atoms with Crippen LogP contribution >= 0.6 is 11.3 Å². The maximum atomic E-state index is 12.3. The van der Waals surface area contributed by atoms with Gasteiger partial charge >= 0.3 is 0 Å². The standard InChI is InChI=1S/C16H20N2OS/c1-12-5-7-13(8-6-12)15(17)16(19)18(2)10-9-14-4-3-11-20-14/h3-8,11,15H,9-10,17H2,1-2H3. The molecule has 0 aliphatic rings. The van der Waals surface area contributed by atoms with Crippen molar-refractivity contribution in [3.63, 3.8) is 0 Å². The number of nitrogens with zero attached hydrogens (tertiary/aromatic N) is 1. The summed E-state index contributed by atoms with van der Waals surface area (Å²) in [6, 6.07) is 11.3. The number of hydrogen-bond donors (Lipinski definition) is 1. The molecule has 1 aromatic carbocycles. The van der Waals surface area contributed by atoms with E-state index in [2.05, 4.69) is 11.4 Å². The maximum Gasteiger partial charge on any atom is 0.243 e. The summed E-state index contributed by atoms with van der Waals surface area (Å²) in [7, 11) is 1.81. The summed E-state index contributed by atoms with van der Waals surface area (Å²) in [5.74, 6) is -0.0367. The molecule has 106 valence electrons. The maximum absolute atomic E-state index is 12.3. The number of rotatable bonds is 5. The Kier molecular flexibility index (Phi) is 4.93. The van der Waals surface area contributed by atoms with Crippen molar-refractivity contribution in [3.05, 3.63) is 57.8 Å². The lowest BCUT2D eigenvalue weighted by Crippen LogP contribution is -2.36. The van der Waals surface area contributed by atoms with Gasteiger partial charge in [-0.25, -0.2) is 0 Å². The molecule has 1 aromatic heterocycles. The Bertz CT molecular complexity index is 548. The second kappa shape index (κ2) is 6.68. The van der Waals surface area contributed by atoms with Gasteiger partial charge in [-0.3, -0.25) is 4.79 Å². The van der Waals surface area contributed by atoms with E-state index in [9.17, 15) is 4.79 Å². The third-order valence-corrected chi connectivity index (χ3v) is 4.29. The quantitative estimate of drug-likeness (QED) is 0.919. The molecular formula is C16H20N2OS. The smallest absolute Gasteiger partial charge is 0.243 e. The average Bonchev–Trinajstić information content (AvgIpc) is 2.97. The Balaban J connectivity index is 1.93. The molecular weight excluding hydrogens is 268 g/mol. The third kappa shape index (κ3) is 3.68. The van der Waals surface area contributed by atoms with Crippen molar-refractivity contribution in [1.82, 2.24) is 4.90 Å². The molecule has 2 aromatic rings. The molecule has 2 N–H and O–H groups in total. The molecule has 4 heteroatoms. The zero-order valence-electron chi connectivity index (χ0n) is 11.9. The highest BCUT2D eigenvalue weighted by Gasteiger charge is 2.19. The average molecular weight is 288 g/mol. The number of hydrogen-bond acceptors (Lipinski definition) is 3. The molecule has 20 heavy (non-hydrogen) atoms. The summed E-state index contributed by atoms with van der Waals surface area (Å²) < 4.78 is 0. The van der Waals surface area contributed by atoms with Crippen LogP contribution < -0.4 is 5.73 Å². The minimum Gasteiger partial charge on any atom is -0.344 e. The highest BCUT2D eigenvalue weighted by molar-refractivity contribution is 7.09. The van der Waals surface area contributed by atoms with Gasteiger partial charge in [0.2, 0.25) is 5.91 Å². The lowest BCUT2D eigenvalue weighted by atomic mass is 10.0. The SMILES string of the molecule is Cc1ccc(C(N)C(=O)N(C)CCc2cccs2)cc1. The van der Waals surface area contributed by atoms with Gasteiger partial charge in [-0.15, -0.1) is 11.3 Å². The van der Waals surface area contributed by atoms with Crippen LogP contribution in [0, 0.1) is 6.92 Å². The molecule has 0 radical (unpaired) electrons. The normalized spacial score (nSPS) is 12.2. The lowest BCUT2D eigenvalue weighted by molar-refractivity contribution is -0.131. The van der Waals surface area contributed by atoms with Crippen molar-refractivity contribution in [2.45, 2.75) is 19.4 Å². The first-order chi connectivity index (χ1) is 9.58. The molecule has 0 fully saturated rings. The number of thiophene rings is 1. The summed E-state index contributed by atoms with van der Waals surface area (Å²) in [6.45, 7) is 2.71. The van der Waals surface area contributed by atoms with Crippen molar-refractivity contribution in [1.29, 1.82) is 0 Å². The van der Waals surface area contributed by atoms with Gasteiger partial charge in [0.05, 0.1) is 0 Å². The van der Waals surface area contributed by atoms with Crippen LogP contribution in [0.1, 0.15) is 22.0 Å². The van der Waals surface area contributed by atoms with Crippen molar-refractivity contribution in [2.75, 3.05) is 13.6 Å². The molecule has 1 heterocycles. The fourth-order valence-electron chi connectivity index (χ4n) is 2.00. The summed E-state index contributed by atoms with van der Waals surface area (Å²) in [6.07, 6.45) is 0.876. The Hall–Kier alpha value is -1.65. The largest absolute Gasteiger partial charge is 0.344 e. The van der Waals surface area contributed by atoms with E-state index < -0.39 is 6.04 Å². The minimum absolute atomic E-state index is 0.0367. The van der Waals surface area contributed by atoms with Crippen LogP contribution in [0.15, 0.2) is 41.8 Å². The van der Waals surface area contributed by atoms with Crippen molar-refractivity contribution in [3.8, 4) is 0 Å². The van der Waals surface area contributed by atoms with Gasteiger partial charge < -0.3 is 10.6 Å². The number of nitrogens with two attached hydrogens (primary N) is 1. The first-order valence-corrected chi connectivity index (χ1v) is 7.55. The van der Waals surface area contributed by atoms with Crippen LogP contribution in [0.25, 0.3) is 0 Å². The van der Waals surface area contributed by atoms with Gasteiger partial charge in [0.1, 0.15) is 6.04 Å². The van der Waals surface area contributed by atoms with Crippen LogP contribution in [0.5, 0.6) is 0 Å². The number of aryl methyl sites for hydroxylation is 1. The Morgan fingerprint density at radius 2 is 2.00 bits per heavy atom. The molecule has 0 saturated heterocycles. The predicted molar refractivity (Wildman–Crippen MR) is 83.8 cm³/mol. The highest BCUT2D eigenvalue weighted by atomic mass is 32.1. The number of carbonyl (C=O) groups is 1. The van der Waals surface area contributed by atoms with E-state index in [1.54, 1.807) is 16.2 Å². The van der Waals surface area contributed by atoms with Gasteiger partial charge in [0.15, 0.2) is 0 Å². The monoisotopic (exact) mass is 288 g/mol. The molecule has 0 saturated carbocycles. The summed E-state index contributed by atoms with van der Waals surface area (Å²) in [4.78, 5) is 15.3. The minimum atomic E-state index is -0.580. The summed E-state index contributed by atoms with van der Waals surface area (Å²) in [5, 5.41) is 2.05. The molecule has 3 nitrogen and oxygen atoms in total.